The van der Waals surface area contributed by atoms with Crippen molar-refractivity contribution in [2.75, 3.05) is 0 Å². The molecule has 0 amide bonds. The number of aromatic nitrogens is 1. The monoisotopic (exact) mass is 403 g/mol. The molecule has 1 aromatic heterocycles. The predicted molar refractivity (Wildman–Crippen MR) is 95.6 cm³/mol. The first-order valence-corrected chi connectivity index (χ1v) is 8.67. The molecule has 1 aliphatic carbocycles. The molecule has 0 aliphatic heterocycles. The number of aliphatic hydroxyl groups is 1. The molecule has 0 bridgehead atoms. The van der Waals surface area contributed by atoms with Gasteiger partial charge in [-0.25, -0.2) is 14.2 Å². The molecule has 0 radical (unpaired) electrons. The summed E-state index contributed by atoms with van der Waals surface area (Å²) in [5.74, 6) is -6.37. The highest BCUT2D eigenvalue weighted by molar-refractivity contribution is 6.04. The number of hydrogen-bond donors (Lipinski definition) is 3. The third-order valence-corrected chi connectivity index (χ3v) is 5.22. The molecule has 1 aromatic carbocycles. The molecule has 0 saturated carbocycles. The molecule has 3 unspecified atom stereocenters. The highest BCUT2D eigenvalue weighted by atomic mass is 19.1. The first-order chi connectivity index (χ1) is 13.6. The van der Waals surface area contributed by atoms with Crippen molar-refractivity contribution in [2.45, 2.75) is 25.4 Å². The summed E-state index contributed by atoms with van der Waals surface area (Å²) in [6, 6.07) is 5.41. The maximum atomic E-state index is 13.3. The normalized spacial score (nSPS) is 26.2. The van der Waals surface area contributed by atoms with Crippen molar-refractivity contribution in [1.29, 1.82) is 0 Å². The van der Waals surface area contributed by atoms with Crippen LogP contribution in [0.5, 0.6) is 0 Å². The van der Waals surface area contributed by atoms with Gasteiger partial charge in [0.15, 0.2) is 17.8 Å². The van der Waals surface area contributed by atoms with Crippen LogP contribution in [0.3, 0.4) is 0 Å². The highest BCUT2D eigenvalue weighted by Crippen LogP contribution is 2.45. The van der Waals surface area contributed by atoms with Crippen LogP contribution in [-0.4, -0.2) is 43.6 Å². The fourth-order valence-electron chi connectivity index (χ4n) is 3.61. The molecule has 3 N–H and O–H groups in total. The van der Waals surface area contributed by atoms with Crippen LogP contribution in [-0.2, 0) is 16.0 Å². The number of rotatable bonds is 6. The molecule has 1 heterocycles. The van der Waals surface area contributed by atoms with Crippen LogP contribution >= 0.6 is 0 Å². The lowest BCUT2D eigenvalue weighted by molar-refractivity contribution is -0.172. The molecule has 8 nitrogen and oxygen atoms in total. The van der Waals surface area contributed by atoms with Crippen molar-refractivity contribution in [1.82, 2.24) is 4.98 Å². The molecular formula is C20H18FNO7. The van der Waals surface area contributed by atoms with Crippen LogP contribution in [0.4, 0.5) is 4.39 Å². The second kappa shape index (κ2) is 7.25. The van der Waals surface area contributed by atoms with Gasteiger partial charge in [-0.1, -0.05) is 24.3 Å². The Bertz CT molecular complexity index is 997. The van der Waals surface area contributed by atoms with Crippen molar-refractivity contribution >= 4 is 17.7 Å². The van der Waals surface area contributed by atoms with Crippen LogP contribution in [0.25, 0.3) is 0 Å². The number of halogens is 1. The molecule has 2 aromatic rings. The minimum atomic E-state index is -2.63. The lowest BCUT2D eigenvalue weighted by atomic mass is 9.61. The van der Waals surface area contributed by atoms with Crippen molar-refractivity contribution in [2.24, 2.45) is 11.3 Å². The molecular weight excluding hydrogens is 385 g/mol. The quantitative estimate of drug-likeness (QED) is 0.492. The fraction of sp³-hybridized carbons (Fsp3) is 0.300. The molecule has 3 rings (SSSR count). The van der Waals surface area contributed by atoms with E-state index in [0.717, 1.165) is 6.39 Å². The molecule has 29 heavy (non-hydrogen) atoms. The van der Waals surface area contributed by atoms with Crippen LogP contribution in [0, 0.1) is 17.2 Å². The maximum Gasteiger partial charge on any atom is 0.336 e. The van der Waals surface area contributed by atoms with Gasteiger partial charge < -0.3 is 19.7 Å². The van der Waals surface area contributed by atoms with Crippen LogP contribution in [0.2, 0.25) is 0 Å². The smallest absolute Gasteiger partial charge is 0.336 e. The topological polar surface area (TPSA) is 138 Å². The number of oxazole rings is 1. The second-order valence-electron chi connectivity index (χ2n) is 7.15. The van der Waals surface area contributed by atoms with Crippen molar-refractivity contribution < 1.29 is 38.5 Å². The maximum absolute atomic E-state index is 13.3. The Morgan fingerprint density at radius 2 is 1.86 bits per heavy atom. The van der Waals surface area contributed by atoms with E-state index in [-0.39, 0.29) is 17.9 Å². The summed E-state index contributed by atoms with van der Waals surface area (Å²) in [6.07, 6.45) is 3.01. The highest BCUT2D eigenvalue weighted by Gasteiger charge is 2.60. The van der Waals surface area contributed by atoms with Crippen LogP contribution in [0.15, 0.2) is 47.2 Å². The summed E-state index contributed by atoms with van der Waals surface area (Å²) in [4.78, 5) is 40.8. The van der Waals surface area contributed by atoms with Crippen molar-refractivity contribution in [3.63, 3.8) is 0 Å². The molecule has 152 valence electrons. The molecule has 1 aliphatic rings. The van der Waals surface area contributed by atoms with Gasteiger partial charge in [-0.15, -0.1) is 0 Å². The minimum absolute atomic E-state index is 0.0409. The van der Waals surface area contributed by atoms with Gasteiger partial charge in [0.25, 0.3) is 0 Å². The van der Waals surface area contributed by atoms with E-state index in [2.05, 4.69) is 4.98 Å². The number of ketones is 1. The molecule has 0 saturated heterocycles. The Morgan fingerprint density at radius 1 is 1.21 bits per heavy atom. The summed E-state index contributed by atoms with van der Waals surface area (Å²) >= 11 is 0. The molecule has 9 heteroatoms. The lowest BCUT2D eigenvalue weighted by Gasteiger charge is -2.41. The Balaban J connectivity index is 2.04. The number of carbonyl (C=O) groups excluding carboxylic acids is 1. The van der Waals surface area contributed by atoms with Crippen LogP contribution < -0.4 is 0 Å². The summed E-state index contributed by atoms with van der Waals surface area (Å²) in [7, 11) is 0. The van der Waals surface area contributed by atoms with E-state index in [1.54, 1.807) is 0 Å². The number of Topliss-reactive ketones (excluding diaryl/α,β-unsaturated/α-hetero) is 1. The number of benzene rings is 1. The van der Waals surface area contributed by atoms with Gasteiger partial charge in [0.05, 0.1) is 11.3 Å². The zero-order valence-corrected chi connectivity index (χ0v) is 15.3. The average molecular weight is 403 g/mol. The van der Waals surface area contributed by atoms with Crippen molar-refractivity contribution in [3.05, 3.63) is 65.6 Å². The Kier molecular flexibility index (Phi) is 5.10. The van der Waals surface area contributed by atoms with E-state index in [1.807, 2.05) is 0 Å². The first kappa shape index (κ1) is 20.4. The average Bonchev–Trinajstić information content (AvgIpc) is 3.11. The van der Waals surface area contributed by atoms with Gasteiger partial charge in [-0.2, -0.15) is 0 Å². The van der Waals surface area contributed by atoms with E-state index in [9.17, 15) is 34.1 Å². The lowest BCUT2D eigenvalue weighted by Crippen LogP contribution is -2.59. The third kappa shape index (κ3) is 3.44. The SMILES string of the molecule is CC1(C(=O)O)C=CCC(O)(C(=O)O)C1C(=O)c1ncoc1Cc1ccc(F)cc1. The van der Waals surface area contributed by atoms with Crippen LogP contribution in [0.1, 0.15) is 35.2 Å². The number of carbonyl (C=O) groups is 3. The van der Waals surface area contributed by atoms with Gasteiger partial charge in [-0.3, -0.25) is 9.59 Å². The van der Waals surface area contributed by atoms with Crippen molar-refractivity contribution in [3.8, 4) is 0 Å². The minimum Gasteiger partial charge on any atom is -0.481 e. The van der Waals surface area contributed by atoms with Gasteiger partial charge in [0, 0.05) is 12.8 Å². The predicted octanol–water partition coefficient (Wildman–Crippen LogP) is 2.07. The van der Waals surface area contributed by atoms with E-state index < -0.39 is 46.9 Å². The third-order valence-electron chi connectivity index (χ3n) is 5.22. The number of hydrogen-bond acceptors (Lipinski definition) is 6. The van der Waals surface area contributed by atoms with Gasteiger partial charge in [-0.05, 0) is 24.6 Å². The molecule has 3 atom stereocenters. The molecule has 0 fully saturated rings. The van der Waals surface area contributed by atoms with Gasteiger partial charge in [0.2, 0.25) is 0 Å². The number of carboxylic acids is 2. The fourth-order valence-corrected chi connectivity index (χ4v) is 3.61. The second-order valence-corrected chi connectivity index (χ2v) is 7.15. The first-order valence-electron chi connectivity index (χ1n) is 8.67. The standard InChI is InChI=1S/C20H18FNO7/c1-19(17(24)25)7-2-8-20(28,18(26)27)16(19)15(23)14-13(29-10-22-14)9-11-3-5-12(21)6-4-11/h2-7,10,16,28H,8-9H2,1H3,(H,24,25)(H,26,27). The van der Waals surface area contributed by atoms with Gasteiger partial charge >= 0.3 is 11.9 Å². The summed E-state index contributed by atoms with van der Waals surface area (Å²) < 4.78 is 18.4. The van der Waals surface area contributed by atoms with E-state index in [1.165, 1.54) is 43.3 Å². The number of aliphatic carboxylic acids is 2. The summed E-state index contributed by atoms with van der Waals surface area (Å²) in [6.45, 7) is 1.17. The largest absolute Gasteiger partial charge is 0.481 e. The van der Waals surface area contributed by atoms with E-state index >= 15 is 0 Å². The molecule has 0 spiro atoms. The van der Waals surface area contributed by atoms with E-state index in [0.29, 0.717) is 5.56 Å². The van der Waals surface area contributed by atoms with Gasteiger partial charge in [0.1, 0.15) is 17.3 Å². The Labute approximate surface area is 164 Å². The Morgan fingerprint density at radius 3 is 2.45 bits per heavy atom. The Hall–Kier alpha value is -3.33. The summed E-state index contributed by atoms with van der Waals surface area (Å²) in [5, 5.41) is 30.0. The number of carboxylic acid groups (broad SMARTS) is 2. The summed E-state index contributed by atoms with van der Waals surface area (Å²) in [5.41, 5.74) is -4.29. The number of nitrogens with zero attached hydrogens (tertiary/aromatic N) is 1. The zero-order chi connectivity index (χ0) is 21.4. The zero-order valence-electron chi connectivity index (χ0n) is 15.3. The van der Waals surface area contributed by atoms with E-state index in [4.69, 9.17) is 4.42 Å².